The molecule has 0 amide bonds. The topological polar surface area (TPSA) is 132 Å². The molecular weight excluding hydrogens is 510 g/mol. The van der Waals surface area contributed by atoms with Crippen molar-refractivity contribution in [1.82, 2.24) is 14.9 Å². The van der Waals surface area contributed by atoms with E-state index in [-0.39, 0.29) is 31.0 Å². The van der Waals surface area contributed by atoms with E-state index in [9.17, 15) is 9.90 Å². The van der Waals surface area contributed by atoms with E-state index in [0.29, 0.717) is 31.0 Å². The highest BCUT2D eigenvalue weighted by Crippen LogP contribution is 2.32. The van der Waals surface area contributed by atoms with Crippen molar-refractivity contribution in [2.75, 3.05) is 59.1 Å². The summed E-state index contributed by atoms with van der Waals surface area (Å²) in [5.74, 6) is 1.86. The van der Waals surface area contributed by atoms with Gasteiger partial charge in [-0.3, -0.25) is 4.79 Å². The number of carbonyl (C=O) groups excluding carboxylic acids is 1. The van der Waals surface area contributed by atoms with Crippen molar-refractivity contribution in [3.05, 3.63) is 70.4 Å². The third-order valence-electron chi connectivity index (χ3n) is 6.53. The fraction of sp³-hybridized carbons (Fsp3) is 0.433. The van der Waals surface area contributed by atoms with Crippen LogP contribution in [0.3, 0.4) is 0 Å². The van der Waals surface area contributed by atoms with Gasteiger partial charge in [-0.05, 0) is 56.6 Å². The van der Waals surface area contributed by atoms with Gasteiger partial charge in [0.2, 0.25) is 5.95 Å². The second kappa shape index (κ2) is 15.0. The van der Waals surface area contributed by atoms with Gasteiger partial charge in [0.05, 0.1) is 33.3 Å². The molecule has 0 saturated heterocycles. The van der Waals surface area contributed by atoms with Gasteiger partial charge in [0, 0.05) is 36.9 Å². The van der Waals surface area contributed by atoms with Crippen molar-refractivity contribution in [3.8, 4) is 11.5 Å². The SMILES string of the molecule is COC(=O)Cc1cccc([C@@H](CCO)Nc2nc(N)nc(C)c2Cc2ccc(OCCCN(C)C)cc2OC)c1. The van der Waals surface area contributed by atoms with E-state index in [0.717, 1.165) is 46.7 Å². The molecule has 0 aliphatic rings. The highest BCUT2D eigenvalue weighted by atomic mass is 16.5. The molecule has 3 aromatic rings. The first-order valence-corrected chi connectivity index (χ1v) is 13.3. The van der Waals surface area contributed by atoms with E-state index in [4.69, 9.17) is 19.9 Å². The summed E-state index contributed by atoms with van der Waals surface area (Å²) in [7, 11) is 7.09. The number of aliphatic hydroxyl groups excluding tert-OH is 1. The highest BCUT2D eigenvalue weighted by molar-refractivity contribution is 5.72. The van der Waals surface area contributed by atoms with Gasteiger partial charge in [-0.15, -0.1) is 0 Å². The van der Waals surface area contributed by atoms with Crippen LogP contribution in [0.15, 0.2) is 42.5 Å². The molecule has 0 aliphatic heterocycles. The molecule has 1 aromatic heterocycles. The molecular formula is C30H41N5O5. The zero-order valence-corrected chi connectivity index (χ0v) is 24.1. The van der Waals surface area contributed by atoms with Crippen LogP contribution in [0.5, 0.6) is 11.5 Å². The minimum atomic E-state index is -0.316. The van der Waals surface area contributed by atoms with Crippen molar-refractivity contribution in [2.45, 2.75) is 38.6 Å². The average Bonchev–Trinajstić information content (AvgIpc) is 2.93. The zero-order valence-electron chi connectivity index (χ0n) is 24.1. The quantitative estimate of drug-likeness (QED) is 0.190. The summed E-state index contributed by atoms with van der Waals surface area (Å²) >= 11 is 0. The number of nitrogen functional groups attached to an aromatic ring is 1. The van der Waals surface area contributed by atoms with Crippen molar-refractivity contribution in [2.24, 2.45) is 0 Å². The smallest absolute Gasteiger partial charge is 0.309 e. The molecule has 4 N–H and O–H groups in total. The molecule has 0 aliphatic carbocycles. The highest BCUT2D eigenvalue weighted by Gasteiger charge is 2.19. The Labute approximate surface area is 236 Å². The number of anilines is 2. The number of aromatic nitrogens is 2. The van der Waals surface area contributed by atoms with Crippen LogP contribution < -0.4 is 20.5 Å². The summed E-state index contributed by atoms with van der Waals surface area (Å²) in [6.45, 7) is 3.42. The number of esters is 1. The standard InChI is InChI=1S/C30H41N5O5/c1-20-25(18-23-10-11-24(19-27(23)38-4)40-15-7-13-35(2)3)29(34-30(31)32-20)33-26(12-14-36)22-9-6-8-21(16-22)17-28(37)39-5/h6,8-11,16,19,26,36H,7,12-15,17-18H2,1-5H3,(H3,31,32,33,34)/t26-/m1/s1. The molecule has 10 nitrogen and oxygen atoms in total. The van der Waals surface area contributed by atoms with Crippen LogP contribution in [0.1, 0.15) is 46.8 Å². The van der Waals surface area contributed by atoms with Gasteiger partial charge in [0.15, 0.2) is 0 Å². The van der Waals surface area contributed by atoms with Crippen molar-refractivity contribution in [1.29, 1.82) is 0 Å². The number of methoxy groups -OCH3 is 2. The van der Waals surface area contributed by atoms with Gasteiger partial charge in [0.1, 0.15) is 17.3 Å². The van der Waals surface area contributed by atoms with Crippen molar-refractivity contribution >= 4 is 17.7 Å². The number of hydrogen-bond acceptors (Lipinski definition) is 10. The molecule has 0 saturated carbocycles. The number of ether oxygens (including phenoxy) is 3. The Balaban J connectivity index is 1.87. The Bertz CT molecular complexity index is 1270. The number of rotatable bonds is 15. The molecule has 216 valence electrons. The first-order valence-electron chi connectivity index (χ1n) is 13.3. The summed E-state index contributed by atoms with van der Waals surface area (Å²) < 4.78 is 16.4. The van der Waals surface area contributed by atoms with Gasteiger partial charge in [-0.2, -0.15) is 4.98 Å². The fourth-order valence-electron chi connectivity index (χ4n) is 4.45. The van der Waals surface area contributed by atoms with E-state index in [2.05, 4.69) is 20.2 Å². The first kappa shape index (κ1) is 30.6. The molecule has 0 radical (unpaired) electrons. The molecule has 0 spiro atoms. The van der Waals surface area contributed by atoms with Crippen LogP contribution in [0.25, 0.3) is 0 Å². The maximum absolute atomic E-state index is 11.8. The van der Waals surface area contributed by atoms with E-state index in [1.165, 1.54) is 7.11 Å². The lowest BCUT2D eigenvalue weighted by Gasteiger charge is -2.23. The fourth-order valence-corrected chi connectivity index (χ4v) is 4.45. The lowest BCUT2D eigenvalue weighted by atomic mass is 9.99. The lowest BCUT2D eigenvalue weighted by molar-refractivity contribution is -0.139. The Morgan fingerprint density at radius 3 is 2.65 bits per heavy atom. The van der Waals surface area contributed by atoms with Crippen LogP contribution in [0.4, 0.5) is 11.8 Å². The number of aliphatic hydroxyl groups is 1. The molecule has 3 rings (SSSR count). The Hall–Kier alpha value is -3.89. The minimum Gasteiger partial charge on any atom is -0.496 e. The molecule has 10 heteroatoms. The predicted octanol–water partition coefficient (Wildman–Crippen LogP) is 3.55. The van der Waals surface area contributed by atoms with Crippen LogP contribution in [0.2, 0.25) is 0 Å². The van der Waals surface area contributed by atoms with Crippen LogP contribution >= 0.6 is 0 Å². The van der Waals surface area contributed by atoms with Crippen molar-refractivity contribution < 1.29 is 24.1 Å². The molecule has 1 heterocycles. The summed E-state index contributed by atoms with van der Waals surface area (Å²) in [6, 6.07) is 13.2. The maximum Gasteiger partial charge on any atom is 0.309 e. The second-order valence-corrected chi connectivity index (χ2v) is 9.86. The van der Waals surface area contributed by atoms with Gasteiger partial charge in [-0.1, -0.05) is 30.3 Å². The Morgan fingerprint density at radius 2 is 1.95 bits per heavy atom. The number of nitrogens with zero attached hydrogens (tertiary/aromatic N) is 3. The molecule has 0 fully saturated rings. The Kier molecular flexibility index (Phi) is 11.5. The monoisotopic (exact) mass is 551 g/mol. The third-order valence-corrected chi connectivity index (χ3v) is 6.53. The second-order valence-electron chi connectivity index (χ2n) is 9.86. The largest absolute Gasteiger partial charge is 0.496 e. The van der Waals surface area contributed by atoms with Crippen LogP contribution in [0, 0.1) is 6.92 Å². The number of benzene rings is 2. The van der Waals surface area contributed by atoms with E-state index >= 15 is 0 Å². The molecule has 40 heavy (non-hydrogen) atoms. The zero-order chi connectivity index (χ0) is 29.1. The predicted molar refractivity (Wildman–Crippen MR) is 156 cm³/mol. The lowest BCUT2D eigenvalue weighted by Crippen LogP contribution is -2.17. The van der Waals surface area contributed by atoms with E-state index < -0.39 is 0 Å². The summed E-state index contributed by atoms with van der Waals surface area (Å²) in [6.07, 6.45) is 2.00. The number of carbonyl (C=O) groups is 1. The Morgan fingerprint density at radius 1 is 1.15 bits per heavy atom. The van der Waals surface area contributed by atoms with Gasteiger partial charge in [-0.25, -0.2) is 4.98 Å². The molecule has 0 bridgehead atoms. The van der Waals surface area contributed by atoms with Crippen LogP contribution in [-0.2, 0) is 22.4 Å². The number of aryl methyl sites for hydroxylation is 1. The van der Waals surface area contributed by atoms with E-state index in [1.54, 1.807) is 7.11 Å². The summed E-state index contributed by atoms with van der Waals surface area (Å²) in [5, 5.41) is 13.3. The van der Waals surface area contributed by atoms with Gasteiger partial charge < -0.3 is 35.3 Å². The normalized spacial score (nSPS) is 11.8. The molecule has 2 aromatic carbocycles. The van der Waals surface area contributed by atoms with Gasteiger partial charge in [0.25, 0.3) is 0 Å². The first-order chi connectivity index (χ1) is 19.2. The van der Waals surface area contributed by atoms with E-state index in [1.807, 2.05) is 63.5 Å². The third kappa shape index (κ3) is 8.82. The number of nitrogens with two attached hydrogens (primary N) is 1. The summed E-state index contributed by atoms with van der Waals surface area (Å²) in [4.78, 5) is 22.9. The minimum absolute atomic E-state index is 0.0440. The molecule has 1 atom stereocenters. The van der Waals surface area contributed by atoms with Crippen LogP contribution in [-0.4, -0.2) is 74.0 Å². The van der Waals surface area contributed by atoms with Crippen molar-refractivity contribution in [3.63, 3.8) is 0 Å². The number of hydrogen-bond donors (Lipinski definition) is 3. The average molecular weight is 552 g/mol. The number of nitrogens with one attached hydrogen (secondary N) is 1. The summed E-state index contributed by atoms with van der Waals surface area (Å²) in [5.41, 5.74) is 10.3. The van der Waals surface area contributed by atoms with Gasteiger partial charge >= 0.3 is 5.97 Å². The molecule has 0 unspecified atom stereocenters. The maximum atomic E-state index is 11.8.